The first-order chi connectivity index (χ1) is 9.78. The summed E-state index contributed by atoms with van der Waals surface area (Å²) >= 11 is 7.35. The van der Waals surface area contributed by atoms with Gasteiger partial charge in [-0.3, -0.25) is 4.79 Å². The van der Waals surface area contributed by atoms with E-state index in [0.29, 0.717) is 11.6 Å². The third kappa shape index (κ3) is 4.91. The van der Waals surface area contributed by atoms with Crippen molar-refractivity contribution in [1.82, 2.24) is 0 Å². The maximum Gasteiger partial charge on any atom is 0.234 e. The van der Waals surface area contributed by atoms with Crippen LogP contribution in [0.15, 0.2) is 54.6 Å². The van der Waals surface area contributed by atoms with Crippen LogP contribution in [0.25, 0.3) is 0 Å². The summed E-state index contributed by atoms with van der Waals surface area (Å²) in [5, 5.41) is 2.87. The van der Waals surface area contributed by atoms with Crippen LogP contribution in [0.2, 0.25) is 0 Å². The molecule has 1 amide bonds. The van der Waals surface area contributed by atoms with Gasteiger partial charge in [0, 0.05) is 17.3 Å². The average Bonchev–Trinajstić information content (AvgIpc) is 2.49. The molecule has 0 unspecified atom stereocenters. The molecule has 0 heterocycles. The standard InChI is InChI=1S/C16H16ClNOS/c17-10-13-6-8-14(9-7-13)11-20-12-16(19)18-15-4-2-1-3-5-15/h1-9H,10-12H2,(H,18,19). The molecule has 20 heavy (non-hydrogen) atoms. The van der Waals surface area contributed by atoms with E-state index >= 15 is 0 Å². The molecule has 4 heteroatoms. The molecule has 2 rings (SSSR count). The molecule has 0 bridgehead atoms. The van der Waals surface area contributed by atoms with E-state index in [4.69, 9.17) is 11.6 Å². The normalized spacial score (nSPS) is 10.2. The fourth-order valence-corrected chi connectivity index (χ4v) is 2.67. The lowest BCUT2D eigenvalue weighted by atomic mass is 10.2. The smallest absolute Gasteiger partial charge is 0.234 e. The molecule has 1 N–H and O–H groups in total. The van der Waals surface area contributed by atoms with Crippen LogP contribution in [-0.4, -0.2) is 11.7 Å². The zero-order valence-electron chi connectivity index (χ0n) is 11.0. The largest absolute Gasteiger partial charge is 0.325 e. The number of amides is 1. The van der Waals surface area contributed by atoms with Crippen LogP contribution in [0.1, 0.15) is 11.1 Å². The van der Waals surface area contributed by atoms with Crippen molar-refractivity contribution in [3.8, 4) is 0 Å². The summed E-state index contributed by atoms with van der Waals surface area (Å²) < 4.78 is 0. The van der Waals surface area contributed by atoms with Gasteiger partial charge in [-0.05, 0) is 23.3 Å². The summed E-state index contributed by atoms with van der Waals surface area (Å²) in [5.74, 6) is 1.84. The Bertz CT molecular complexity index is 542. The number of nitrogens with one attached hydrogen (secondary N) is 1. The van der Waals surface area contributed by atoms with E-state index in [1.807, 2.05) is 42.5 Å². The first kappa shape index (κ1) is 14.9. The Morgan fingerprint density at radius 1 is 1.00 bits per heavy atom. The highest BCUT2D eigenvalue weighted by atomic mass is 35.5. The van der Waals surface area contributed by atoms with Crippen LogP contribution in [0, 0.1) is 0 Å². The number of rotatable bonds is 6. The highest BCUT2D eigenvalue weighted by Crippen LogP contribution is 2.14. The van der Waals surface area contributed by atoms with E-state index in [-0.39, 0.29) is 5.91 Å². The lowest BCUT2D eigenvalue weighted by molar-refractivity contribution is -0.113. The van der Waals surface area contributed by atoms with Crippen molar-refractivity contribution in [2.45, 2.75) is 11.6 Å². The lowest BCUT2D eigenvalue weighted by Gasteiger charge is -2.05. The Balaban J connectivity index is 1.73. The van der Waals surface area contributed by atoms with Gasteiger partial charge in [0.05, 0.1) is 5.75 Å². The second kappa shape index (κ2) is 7.98. The van der Waals surface area contributed by atoms with Crippen molar-refractivity contribution < 1.29 is 4.79 Å². The maximum absolute atomic E-state index is 11.8. The van der Waals surface area contributed by atoms with Gasteiger partial charge in [-0.1, -0.05) is 42.5 Å². The number of hydrogen-bond donors (Lipinski definition) is 1. The van der Waals surface area contributed by atoms with Crippen molar-refractivity contribution in [2.75, 3.05) is 11.1 Å². The summed E-state index contributed by atoms with van der Waals surface area (Å²) in [4.78, 5) is 11.8. The fourth-order valence-electron chi connectivity index (χ4n) is 1.70. The summed E-state index contributed by atoms with van der Waals surface area (Å²) in [6, 6.07) is 17.7. The number of alkyl halides is 1. The third-order valence-electron chi connectivity index (χ3n) is 2.74. The number of anilines is 1. The van der Waals surface area contributed by atoms with Crippen molar-refractivity contribution in [1.29, 1.82) is 0 Å². The second-order valence-corrected chi connectivity index (χ2v) is 5.61. The van der Waals surface area contributed by atoms with Gasteiger partial charge in [-0.2, -0.15) is 0 Å². The van der Waals surface area contributed by atoms with E-state index in [2.05, 4.69) is 17.4 Å². The molecular weight excluding hydrogens is 290 g/mol. The predicted molar refractivity (Wildman–Crippen MR) is 87.2 cm³/mol. The number of hydrogen-bond acceptors (Lipinski definition) is 2. The number of thioether (sulfide) groups is 1. The molecule has 0 aromatic heterocycles. The van der Waals surface area contributed by atoms with Gasteiger partial charge in [0.1, 0.15) is 0 Å². The molecule has 2 aromatic carbocycles. The summed E-state index contributed by atoms with van der Waals surface area (Å²) in [5.41, 5.74) is 3.16. The monoisotopic (exact) mass is 305 g/mol. The molecular formula is C16H16ClNOS. The van der Waals surface area contributed by atoms with Gasteiger partial charge >= 0.3 is 0 Å². The molecule has 0 aliphatic rings. The zero-order valence-corrected chi connectivity index (χ0v) is 12.6. The van der Waals surface area contributed by atoms with E-state index in [1.165, 1.54) is 5.56 Å². The van der Waals surface area contributed by atoms with Crippen molar-refractivity contribution in [3.63, 3.8) is 0 Å². The topological polar surface area (TPSA) is 29.1 Å². The van der Waals surface area contributed by atoms with Gasteiger partial charge in [0.25, 0.3) is 0 Å². The lowest BCUT2D eigenvalue weighted by Crippen LogP contribution is -2.13. The minimum Gasteiger partial charge on any atom is -0.325 e. The van der Waals surface area contributed by atoms with Gasteiger partial charge in [0.15, 0.2) is 0 Å². The first-order valence-corrected chi connectivity index (χ1v) is 8.03. The predicted octanol–water partition coefficient (Wildman–Crippen LogP) is 4.30. The number of halogens is 1. The Morgan fingerprint density at radius 3 is 2.30 bits per heavy atom. The number of para-hydroxylation sites is 1. The van der Waals surface area contributed by atoms with E-state index in [0.717, 1.165) is 17.0 Å². The minimum absolute atomic E-state index is 0.0265. The van der Waals surface area contributed by atoms with Crippen LogP contribution in [0.3, 0.4) is 0 Å². The highest BCUT2D eigenvalue weighted by Gasteiger charge is 2.02. The highest BCUT2D eigenvalue weighted by molar-refractivity contribution is 7.99. The van der Waals surface area contributed by atoms with Crippen LogP contribution in [-0.2, 0) is 16.4 Å². The Morgan fingerprint density at radius 2 is 1.65 bits per heavy atom. The summed E-state index contributed by atoms with van der Waals surface area (Å²) in [6.07, 6.45) is 0. The van der Waals surface area contributed by atoms with E-state index in [9.17, 15) is 4.79 Å². The fraction of sp³-hybridized carbons (Fsp3) is 0.188. The third-order valence-corrected chi connectivity index (χ3v) is 4.05. The molecule has 0 aliphatic heterocycles. The van der Waals surface area contributed by atoms with Crippen molar-refractivity contribution in [2.24, 2.45) is 0 Å². The van der Waals surface area contributed by atoms with E-state index < -0.39 is 0 Å². The van der Waals surface area contributed by atoms with Gasteiger partial charge < -0.3 is 5.32 Å². The summed E-state index contributed by atoms with van der Waals surface area (Å²) in [7, 11) is 0. The van der Waals surface area contributed by atoms with Crippen LogP contribution in [0.5, 0.6) is 0 Å². The van der Waals surface area contributed by atoms with E-state index in [1.54, 1.807) is 11.8 Å². The van der Waals surface area contributed by atoms with Gasteiger partial charge in [-0.25, -0.2) is 0 Å². The average molecular weight is 306 g/mol. The summed E-state index contributed by atoms with van der Waals surface area (Å²) in [6.45, 7) is 0. The maximum atomic E-state index is 11.8. The number of benzene rings is 2. The Hall–Kier alpha value is -1.45. The molecule has 0 saturated carbocycles. The molecule has 2 aromatic rings. The Labute approximate surface area is 128 Å². The molecule has 0 aliphatic carbocycles. The van der Waals surface area contributed by atoms with Gasteiger partial charge in [-0.15, -0.1) is 23.4 Å². The number of carbonyl (C=O) groups excluding carboxylic acids is 1. The van der Waals surface area contributed by atoms with Crippen LogP contribution >= 0.6 is 23.4 Å². The molecule has 0 atom stereocenters. The second-order valence-electron chi connectivity index (χ2n) is 4.36. The molecule has 0 fully saturated rings. The van der Waals surface area contributed by atoms with Gasteiger partial charge in [0.2, 0.25) is 5.91 Å². The molecule has 104 valence electrons. The minimum atomic E-state index is 0.0265. The molecule has 0 saturated heterocycles. The molecule has 2 nitrogen and oxygen atoms in total. The van der Waals surface area contributed by atoms with Crippen molar-refractivity contribution >= 4 is 35.0 Å². The van der Waals surface area contributed by atoms with Crippen molar-refractivity contribution in [3.05, 3.63) is 65.7 Å². The Kier molecular flexibility index (Phi) is 5.96. The number of carbonyl (C=O) groups is 1. The quantitative estimate of drug-likeness (QED) is 0.806. The first-order valence-electron chi connectivity index (χ1n) is 6.34. The van der Waals surface area contributed by atoms with Crippen LogP contribution < -0.4 is 5.32 Å². The molecule has 0 radical (unpaired) electrons. The SMILES string of the molecule is O=C(CSCc1ccc(CCl)cc1)Nc1ccccc1. The zero-order chi connectivity index (χ0) is 14.2. The molecule has 0 spiro atoms. The van der Waals surface area contributed by atoms with Crippen LogP contribution in [0.4, 0.5) is 5.69 Å².